The van der Waals surface area contributed by atoms with E-state index in [0.29, 0.717) is 22.6 Å². The molecule has 34 heavy (non-hydrogen) atoms. The molecule has 2 N–H and O–H groups in total. The van der Waals surface area contributed by atoms with Crippen molar-refractivity contribution < 1.29 is 9.53 Å². The summed E-state index contributed by atoms with van der Waals surface area (Å²) in [4.78, 5) is 18.6. The summed E-state index contributed by atoms with van der Waals surface area (Å²) < 4.78 is 7.81. The van der Waals surface area contributed by atoms with Gasteiger partial charge in [0.05, 0.1) is 30.6 Å². The molecule has 1 saturated heterocycles. The minimum absolute atomic E-state index is 0.125. The number of ether oxygens (including phenoxy) is 1. The van der Waals surface area contributed by atoms with Gasteiger partial charge in [-0.25, -0.2) is 0 Å². The van der Waals surface area contributed by atoms with Gasteiger partial charge in [-0.05, 0) is 81.9 Å². The van der Waals surface area contributed by atoms with E-state index in [1.54, 1.807) is 13.3 Å². The van der Waals surface area contributed by atoms with Crippen LogP contribution in [0.2, 0.25) is 0 Å². The van der Waals surface area contributed by atoms with E-state index in [0.717, 1.165) is 11.4 Å². The first-order valence-electron chi connectivity index (χ1n) is 11.4. The Morgan fingerprint density at radius 3 is 2.56 bits per heavy atom. The Balaban J connectivity index is 1.89. The summed E-state index contributed by atoms with van der Waals surface area (Å²) in [6.07, 6.45) is 1.81. The van der Waals surface area contributed by atoms with Gasteiger partial charge in [-0.15, -0.1) is 0 Å². The molecule has 7 nitrogen and oxygen atoms in total. The Labute approximate surface area is 206 Å². The molecule has 1 aliphatic heterocycles. The normalized spacial score (nSPS) is 17.7. The van der Waals surface area contributed by atoms with Crippen LogP contribution in [-0.4, -0.2) is 27.7 Å². The molecule has 3 heterocycles. The second-order valence-electron chi connectivity index (χ2n) is 8.85. The van der Waals surface area contributed by atoms with Gasteiger partial charge < -0.3 is 24.8 Å². The van der Waals surface area contributed by atoms with Crippen LogP contribution in [0, 0.1) is 13.8 Å². The summed E-state index contributed by atoms with van der Waals surface area (Å²) in [7, 11) is 1.59. The van der Waals surface area contributed by atoms with E-state index in [4.69, 9.17) is 17.0 Å². The minimum atomic E-state index is -0.166. The SMILES string of the molecule is COc1ccc(N2C(=S)N[C@@H](c3ccccn3)[C@@H]2c2cc(C)n(C(C)C)c2C)cc1NC(C)=O. The maximum absolute atomic E-state index is 11.8. The number of hydrogen-bond acceptors (Lipinski definition) is 4. The number of benzene rings is 1. The zero-order valence-corrected chi connectivity index (χ0v) is 21.2. The second kappa shape index (κ2) is 9.46. The quantitative estimate of drug-likeness (QED) is 0.474. The first kappa shape index (κ1) is 23.8. The van der Waals surface area contributed by atoms with Crippen LogP contribution in [0.1, 0.15) is 61.5 Å². The smallest absolute Gasteiger partial charge is 0.221 e. The van der Waals surface area contributed by atoms with Gasteiger partial charge in [-0.1, -0.05) is 6.07 Å². The Bertz CT molecular complexity index is 1220. The van der Waals surface area contributed by atoms with Crippen molar-refractivity contribution in [3.8, 4) is 5.75 Å². The molecule has 0 bridgehead atoms. The zero-order chi connectivity index (χ0) is 24.6. The van der Waals surface area contributed by atoms with Crippen molar-refractivity contribution in [1.82, 2.24) is 14.9 Å². The lowest BCUT2D eigenvalue weighted by molar-refractivity contribution is -0.114. The molecule has 0 radical (unpaired) electrons. The van der Waals surface area contributed by atoms with E-state index in [9.17, 15) is 4.79 Å². The van der Waals surface area contributed by atoms with Crippen molar-refractivity contribution in [1.29, 1.82) is 0 Å². The monoisotopic (exact) mass is 477 g/mol. The van der Waals surface area contributed by atoms with Gasteiger partial charge in [-0.2, -0.15) is 0 Å². The summed E-state index contributed by atoms with van der Waals surface area (Å²) in [5.74, 6) is 0.425. The highest BCUT2D eigenvalue weighted by Crippen LogP contribution is 2.45. The standard InChI is InChI=1S/C26H31N5O2S/c1-15(2)30-16(3)13-20(17(30)4)25-24(21-9-7-8-12-27-21)29-26(34)31(25)19-10-11-23(33-6)22(14-19)28-18(5)32/h7-15,24-25H,1-6H3,(H,28,32)(H,29,34)/t24-,25-/m0/s1. The molecule has 0 saturated carbocycles. The topological polar surface area (TPSA) is 71.4 Å². The van der Waals surface area contributed by atoms with Crippen molar-refractivity contribution in [2.24, 2.45) is 0 Å². The number of nitrogens with zero attached hydrogens (tertiary/aromatic N) is 3. The van der Waals surface area contributed by atoms with E-state index in [1.165, 1.54) is 23.9 Å². The van der Waals surface area contributed by atoms with Crippen LogP contribution < -0.4 is 20.3 Å². The number of carbonyl (C=O) groups is 1. The van der Waals surface area contributed by atoms with Crippen LogP contribution >= 0.6 is 12.2 Å². The van der Waals surface area contributed by atoms with Gasteiger partial charge in [-0.3, -0.25) is 9.78 Å². The molecule has 1 amide bonds. The molecule has 1 fully saturated rings. The Hall–Kier alpha value is -3.39. The Morgan fingerprint density at radius 1 is 1.21 bits per heavy atom. The number of amides is 1. The van der Waals surface area contributed by atoms with Gasteiger partial charge in [0.15, 0.2) is 5.11 Å². The summed E-state index contributed by atoms with van der Waals surface area (Å²) in [5.41, 5.74) is 5.97. The molecule has 2 atom stereocenters. The van der Waals surface area contributed by atoms with E-state index in [-0.39, 0.29) is 18.0 Å². The predicted octanol–water partition coefficient (Wildman–Crippen LogP) is 5.22. The van der Waals surface area contributed by atoms with E-state index in [1.807, 2.05) is 36.4 Å². The molecule has 1 aromatic carbocycles. The lowest BCUT2D eigenvalue weighted by Gasteiger charge is -2.29. The van der Waals surface area contributed by atoms with E-state index in [2.05, 4.69) is 58.8 Å². The fourth-order valence-electron chi connectivity index (χ4n) is 4.98. The lowest BCUT2D eigenvalue weighted by Crippen LogP contribution is -2.29. The van der Waals surface area contributed by atoms with Crippen molar-refractivity contribution in [2.45, 2.75) is 52.7 Å². The van der Waals surface area contributed by atoms with Crippen molar-refractivity contribution in [2.75, 3.05) is 17.3 Å². The van der Waals surface area contributed by atoms with E-state index >= 15 is 0 Å². The average molecular weight is 478 g/mol. The number of aryl methyl sites for hydroxylation is 1. The molecule has 0 spiro atoms. The largest absolute Gasteiger partial charge is 0.495 e. The summed E-state index contributed by atoms with van der Waals surface area (Å²) >= 11 is 5.87. The van der Waals surface area contributed by atoms with Gasteiger partial charge in [0, 0.05) is 36.2 Å². The predicted molar refractivity (Wildman–Crippen MR) is 140 cm³/mol. The molecule has 3 aromatic rings. The van der Waals surface area contributed by atoms with E-state index < -0.39 is 0 Å². The minimum Gasteiger partial charge on any atom is -0.495 e. The van der Waals surface area contributed by atoms with Gasteiger partial charge >= 0.3 is 0 Å². The number of nitrogens with one attached hydrogen (secondary N) is 2. The molecule has 1 aliphatic rings. The van der Waals surface area contributed by atoms with Crippen LogP contribution in [0.5, 0.6) is 5.75 Å². The van der Waals surface area contributed by atoms with Crippen LogP contribution in [-0.2, 0) is 4.79 Å². The highest BCUT2D eigenvalue weighted by atomic mass is 32.1. The van der Waals surface area contributed by atoms with Crippen LogP contribution in [0.4, 0.5) is 11.4 Å². The number of methoxy groups -OCH3 is 1. The number of aromatic nitrogens is 2. The third kappa shape index (κ3) is 4.25. The van der Waals surface area contributed by atoms with Crippen LogP contribution in [0.15, 0.2) is 48.7 Å². The summed E-state index contributed by atoms with van der Waals surface area (Å²) in [6.45, 7) is 10.2. The maximum atomic E-state index is 11.8. The summed E-state index contributed by atoms with van der Waals surface area (Å²) in [6, 6.07) is 14.0. The Morgan fingerprint density at radius 2 is 1.97 bits per heavy atom. The number of anilines is 2. The molecule has 2 aromatic heterocycles. The molecule has 8 heteroatoms. The van der Waals surface area contributed by atoms with Crippen LogP contribution in [0.3, 0.4) is 0 Å². The number of carbonyl (C=O) groups excluding carboxylic acids is 1. The van der Waals surface area contributed by atoms with Crippen molar-refractivity contribution in [3.63, 3.8) is 0 Å². The fraction of sp³-hybridized carbons (Fsp3) is 0.346. The molecule has 0 aliphatic carbocycles. The highest BCUT2D eigenvalue weighted by molar-refractivity contribution is 7.80. The first-order valence-corrected chi connectivity index (χ1v) is 11.8. The lowest BCUT2D eigenvalue weighted by atomic mass is 9.96. The first-order chi connectivity index (χ1) is 16.2. The molecular weight excluding hydrogens is 446 g/mol. The number of hydrogen-bond donors (Lipinski definition) is 2. The van der Waals surface area contributed by atoms with Gasteiger partial charge in [0.25, 0.3) is 0 Å². The average Bonchev–Trinajstić information content (AvgIpc) is 3.29. The van der Waals surface area contributed by atoms with Crippen LogP contribution in [0.25, 0.3) is 0 Å². The highest BCUT2D eigenvalue weighted by Gasteiger charge is 2.42. The molecule has 0 unspecified atom stereocenters. The zero-order valence-electron chi connectivity index (χ0n) is 20.4. The molecule has 178 valence electrons. The van der Waals surface area contributed by atoms with Crippen molar-refractivity contribution >= 4 is 34.6 Å². The number of thiocarbonyl (C=S) groups is 1. The number of rotatable bonds is 6. The Kier molecular flexibility index (Phi) is 6.61. The van der Waals surface area contributed by atoms with Crippen molar-refractivity contribution in [3.05, 3.63) is 71.3 Å². The third-order valence-electron chi connectivity index (χ3n) is 6.23. The third-order valence-corrected chi connectivity index (χ3v) is 6.54. The maximum Gasteiger partial charge on any atom is 0.221 e. The van der Waals surface area contributed by atoms with Gasteiger partial charge in [0.1, 0.15) is 5.75 Å². The fourth-order valence-corrected chi connectivity index (χ4v) is 5.32. The van der Waals surface area contributed by atoms with Gasteiger partial charge in [0.2, 0.25) is 5.91 Å². The molecular formula is C26H31N5O2S. The second-order valence-corrected chi connectivity index (χ2v) is 9.24. The summed E-state index contributed by atoms with van der Waals surface area (Å²) in [5, 5.41) is 6.98. The molecule has 4 rings (SSSR count). The number of pyridine rings is 1.